The molecule has 1 saturated heterocycles. The average molecular weight is 304 g/mol. The molecule has 5 N–H and O–H groups in total. The molecule has 0 amide bonds. The molecule has 1 aliphatic rings. The number of aromatic hydroxyl groups is 1. The van der Waals surface area contributed by atoms with Gasteiger partial charge in [0, 0.05) is 11.3 Å². The van der Waals surface area contributed by atoms with Crippen molar-refractivity contribution in [2.24, 2.45) is 5.14 Å². The Morgan fingerprint density at radius 1 is 1.47 bits per heavy atom. The SMILES string of the molecule is NS(=O)(=O)c1ccc(O)c(C2N[C@H](C(=O)O)CS2)c1. The van der Waals surface area contributed by atoms with Crippen LogP contribution in [0.25, 0.3) is 0 Å². The van der Waals surface area contributed by atoms with Gasteiger partial charge in [-0.05, 0) is 18.2 Å². The number of carbonyl (C=O) groups is 1. The van der Waals surface area contributed by atoms with Crippen LogP contribution in [0.2, 0.25) is 0 Å². The number of thioether (sulfide) groups is 1. The fourth-order valence-corrected chi connectivity index (χ4v) is 3.51. The van der Waals surface area contributed by atoms with Crippen molar-refractivity contribution in [3.8, 4) is 5.75 Å². The molecule has 104 valence electrons. The molecular weight excluding hydrogens is 292 g/mol. The van der Waals surface area contributed by atoms with Gasteiger partial charge >= 0.3 is 5.97 Å². The number of hydrogen-bond acceptors (Lipinski definition) is 6. The zero-order chi connectivity index (χ0) is 14.2. The van der Waals surface area contributed by atoms with E-state index in [4.69, 9.17) is 10.2 Å². The van der Waals surface area contributed by atoms with Gasteiger partial charge in [-0.1, -0.05) is 0 Å². The van der Waals surface area contributed by atoms with E-state index in [0.29, 0.717) is 11.3 Å². The lowest BCUT2D eigenvalue weighted by Gasteiger charge is -2.14. The second-order valence-corrected chi connectivity index (χ2v) is 6.74. The maximum absolute atomic E-state index is 11.3. The van der Waals surface area contributed by atoms with E-state index in [0.717, 1.165) is 0 Å². The number of aliphatic carboxylic acids is 1. The molecule has 1 aromatic carbocycles. The third-order valence-electron chi connectivity index (χ3n) is 2.69. The summed E-state index contributed by atoms with van der Waals surface area (Å²) in [6.07, 6.45) is 0. The molecule has 0 aliphatic carbocycles. The Balaban J connectivity index is 2.33. The Morgan fingerprint density at radius 2 is 2.16 bits per heavy atom. The Bertz CT molecular complexity index is 616. The molecule has 2 rings (SSSR count). The van der Waals surface area contributed by atoms with Gasteiger partial charge in [-0.3, -0.25) is 10.1 Å². The molecule has 0 aromatic heterocycles. The first-order valence-electron chi connectivity index (χ1n) is 5.25. The fourth-order valence-electron chi connectivity index (χ4n) is 1.71. The van der Waals surface area contributed by atoms with E-state index < -0.39 is 27.4 Å². The van der Waals surface area contributed by atoms with Crippen LogP contribution in [-0.4, -0.2) is 36.4 Å². The summed E-state index contributed by atoms with van der Waals surface area (Å²) in [5.74, 6) is -0.764. The lowest BCUT2D eigenvalue weighted by atomic mass is 10.2. The maximum atomic E-state index is 11.3. The fraction of sp³-hybridized carbons (Fsp3) is 0.300. The highest BCUT2D eigenvalue weighted by Crippen LogP contribution is 2.38. The second kappa shape index (κ2) is 5.00. The van der Waals surface area contributed by atoms with Gasteiger partial charge in [-0.25, -0.2) is 13.6 Å². The number of rotatable bonds is 3. The van der Waals surface area contributed by atoms with Crippen LogP contribution < -0.4 is 10.5 Å². The number of carboxylic acids is 1. The van der Waals surface area contributed by atoms with Gasteiger partial charge in [-0.15, -0.1) is 11.8 Å². The molecule has 7 nitrogen and oxygen atoms in total. The third-order valence-corrected chi connectivity index (χ3v) is 4.85. The standard InChI is InChI=1S/C10H12N2O5S2/c11-19(16,17)5-1-2-8(13)6(3-5)9-12-7(4-18-9)10(14)15/h1-3,7,9,12-13H,4H2,(H,14,15)(H2,11,16,17)/t7-,9?/m0/s1. The van der Waals surface area contributed by atoms with E-state index in [2.05, 4.69) is 5.32 Å². The lowest BCUT2D eigenvalue weighted by Crippen LogP contribution is -2.33. The number of nitrogens with two attached hydrogens (primary N) is 1. The smallest absolute Gasteiger partial charge is 0.321 e. The van der Waals surface area contributed by atoms with Crippen molar-refractivity contribution in [2.75, 3.05) is 5.75 Å². The number of primary sulfonamides is 1. The van der Waals surface area contributed by atoms with E-state index in [1.807, 2.05) is 0 Å². The number of hydrogen-bond donors (Lipinski definition) is 4. The number of sulfonamides is 1. The van der Waals surface area contributed by atoms with Crippen LogP contribution in [0.5, 0.6) is 5.75 Å². The molecule has 1 fully saturated rings. The molecule has 1 unspecified atom stereocenters. The molecular formula is C10H12N2O5S2. The van der Waals surface area contributed by atoms with Crippen molar-refractivity contribution in [2.45, 2.75) is 16.3 Å². The van der Waals surface area contributed by atoms with Gasteiger partial charge in [0.05, 0.1) is 10.3 Å². The highest BCUT2D eigenvalue weighted by atomic mass is 32.2. The predicted octanol–water partition coefficient (Wildman–Crippen LogP) is -0.172. The molecule has 0 saturated carbocycles. The van der Waals surface area contributed by atoms with Crippen LogP contribution in [0.3, 0.4) is 0 Å². The zero-order valence-electron chi connectivity index (χ0n) is 9.61. The highest BCUT2D eigenvalue weighted by molar-refractivity contribution is 7.99. The van der Waals surface area contributed by atoms with E-state index in [1.54, 1.807) is 0 Å². The molecule has 2 atom stereocenters. The summed E-state index contributed by atoms with van der Waals surface area (Å²) in [6.45, 7) is 0. The predicted molar refractivity (Wildman–Crippen MR) is 69.2 cm³/mol. The van der Waals surface area contributed by atoms with E-state index in [-0.39, 0.29) is 10.6 Å². The summed E-state index contributed by atoms with van der Waals surface area (Å²) in [4.78, 5) is 10.7. The summed E-state index contributed by atoms with van der Waals surface area (Å²) in [5.41, 5.74) is 0.306. The topological polar surface area (TPSA) is 130 Å². The summed E-state index contributed by atoms with van der Waals surface area (Å²) in [6, 6.07) is 2.94. The molecule has 0 radical (unpaired) electrons. The minimum absolute atomic E-state index is 0.108. The average Bonchev–Trinajstić information content (AvgIpc) is 2.77. The number of nitrogens with one attached hydrogen (secondary N) is 1. The van der Waals surface area contributed by atoms with Crippen LogP contribution in [0.1, 0.15) is 10.9 Å². The zero-order valence-corrected chi connectivity index (χ0v) is 11.2. The molecule has 9 heteroatoms. The molecule has 1 aromatic rings. The number of carboxylic acid groups (broad SMARTS) is 1. The molecule has 1 heterocycles. The summed E-state index contributed by atoms with van der Waals surface area (Å²) >= 11 is 1.28. The molecule has 1 aliphatic heterocycles. The van der Waals surface area contributed by atoms with Crippen molar-refractivity contribution in [1.82, 2.24) is 5.32 Å². The Labute approximate surface area is 113 Å². The van der Waals surface area contributed by atoms with E-state index >= 15 is 0 Å². The highest BCUT2D eigenvalue weighted by Gasteiger charge is 2.32. The number of benzene rings is 1. The van der Waals surface area contributed by atoms with Crippen molar-refractivity contribution in [3.05, 3.63) is 23.8 Å². The van der Waals surface area contributed by atoms with Crippen LogP contribution >= 0.6 is 11.8 Å². The molecule has 19 heavy (non-hydrogen) atoms. The third kappa shape index (κ3) is 3.00. The normalized spacial score (nSPS) is 23.4. The summed E-state index contributed by atoms with van der Waals surface area (Å²) in [7, 11) is -3.87. The molecule has 0 bridgehead atoms. The van der Waals surface area contributed by atoms with Crippen LogP contribution in [-0.2, 0) is 14.8 Å². The second-order valence-electron chi connectivity index (χ2n) is 4.04. The van der Waals surface area contributed by atoms with Crippen molar-refractivity contribution in [3.63, 3.8) is 0 Å². The van der Waals surface area contributed by atoms with Gasteiger partial charge < -0.3 is 10.2 Å². The van der Waals surface area contributed by atoms with Gasteiger partial charge in [0.2, 0.25) is 10.0 Å². The first-order chi connectivity index (χ1) is 8.79. The summed E-state index contributed by atoms with van der Waals surface area (Å²) < 4.78 is 22.5. The summed E-state index contributed by atoms with van der Waals surface area (Å²) in [5, 5.41) is 26.0. The Hall–Kier alpha value is -1.29. The Kier molecular flexibility index (Phi) is 3.72. The quantitative estimate of drug-likeness (QED) is 0.610. The monoisotopic (exact) mass is 304 g/mol. The largest absolute Gasteiger partial charge is 0.508 e. The minimum atomic E-state index is -3.87. The van der Waals surface area contributed by atoms with Crippen molar-refractivity contribution in [1.29, 1.82) is 0 Å². The minimum Gasteiger partial charge on any atom is -0.508 e. The van der Waals surface area contributed by atoms with Gasteiger partial charge in [-0.2, -0.15) is 0 Å². The van der Waals surface area contributed by atoms with Crippen LogP contribution in [0.15, 0.2) is 23.1 Å². The first kappa shape index (κ1) is 14.1. The van der Waals surface area contributed by atoms with Crippen LogP contribution in [0.4, 0.5) is 0 Å². The van der Waals surface area contributed by atoms with E-state index in [9.17, 15) is 18.3 Å². The molecule has 0 spiro atoms. The Morgan fingerprint density at radius 3 is 2.68 bits per heavy atom. The maximum Gasteiger partial charge on any atom is 0.321 e. The van der Waals surface area contributed by atoms with Gasteiger partial charge in [0.15, 0.2) is 0 Å². The van der Waals surface area contributed by atoms with Crippen molar-refractivity contribution >= 4 is 27.8 Å². The number of phenolic OH excluding ortho intramolecular Hbond substituents is 1. The van der Waals surface area contributed by atoms with E-state index in [1.165, 1.54) is 30.0 Å². The van der Waals surface area contributed by atoms with Gasteiger partial charge in [0.1, 0.15) is 11.8 Å². The van der Waals surface area contributed by atoms with Gasteiger partial charge in [0.25, 0.3) is 0 Å². The first-order valence-corrected chi connectivity index (χ1v) is 7.84. The van der Waals surface area contributed by atoms with Crippen molar-refractivity contribution < 1.29 is 23.4 Å². The number of phenols is 1. The van der Waals surface area contributed by atoms with Crippen LogP contribution in [0, 0.1) is 0 Å². The lowest BCUT2D eigenvalue weighted by molar-refractivity contribution is -0.138.